The summed E-state index contributed by atoms with van der Waals surface area (Å²) in [4.78, 5) is 37.2. The fourth-order valence-corrected chi connectivity index (χ4v) is 3.67. The van der Waals surface area contributed by atoms with Gasteiger partial charge in [0.25, 0.3) is 0 Å². The van der Waals surface area contributed by atoms with Crippen LogP contribution in [0.15, 0.2) is 30.3 Å². The number of carbonyl (C=O) groups excluding carboxylic acids is 3. The molecule has 4 N–H and O–H groups in total. The molecule has 0 aliphatic heterocycles. The molecule has 1 aromatic rings. The van der Waals surface area contributed by atoms with Crippen LogP contribution < -0.4 is 20.7 Å². The van der Waals surface area contributed by atoms with Gasteiger partial charge in [0.15, 0.2) is 0 Å². The summed E-state index contributed by atoms with van der Waals surface area (Å²) in [6.07, 6.45) is 5.26. The number of amides is 3. The summed E-state index contributed by atoms with van der Waals surface area (Å²) < 4.78 is 5.91. The smallest absolute Gasteiger partial charge is 0.245 e. The predicted octanol–water partition coefficient (Wildman–Crippen LogP) is 0.537. The third-order valence-electron chi connectivity index (χ3n) is 5.46. The molecule has 1 aromatic carbocycles. The van der Waals surface area contributed by atoms with Crippen molar-refractivity contribution in [2.24, 2.45) is 5.92 Å². The van der Waals surface area contributed by atoms with Crippen molar-refractivity contribution < 1.29 is 24.2 Å². The number of likely N-dealkylation sites (N-methyl/N-ethyl adjacent to an activating group) is 2. The van der Waals surface area contributed by atoms with Crippen LogP contribution in [-0.2, 0) is 14.4 Å². The number of nitrogens with zero attached hydrogens (tertiary/aromatic N) is 1. The number of carbonyl (C=O) groups is 3. The molecule has 1 aliphatic carbocycles. The molecule has 3 unspecified atom stereocenters. The lowest BCUT2D eigenvalue weighted by Gasteiger charge is -2.32. The van der Waals surface area contributed by atoms with Crippen molar-refractivity contribution in [1.29, 1.82) is 0 Å². The van der Waals surface area contributed by atoms with Crippen molar-refractivity contribution >= 4 is 24.3 Å². The zero-order valence-electron chi connectivity index (χ0n) is 19.6. The van der Waals surface area contributed by atoms with Gasteiger partial charge in [0, 0.05) is 32.2 Å². The lowest BCUT2D eigenvalue weighted by atomic mass is 10.1. The third-order valence-corrected chi connectivity index (χ3v) is 5.46. The van der Waals surface area contributed by atoms with Crippen LogP contribution >= 0.6 is 0 Å². The highest BCUT2D eigenvalue weighted by Gasteiger charge is 2.40. The second-order valence-electron chi connectivity index (χ2n) is 8.11. The quantitative estimate of drug-likeness (QED) is 0.224. The van der Waals surface area contributed by atoms with E-state index in [1.807, 2.05) is 36.4 Å². The predicted molar refractivity (Wildman–Crippen MR) is 126 cm³/mol. The molecule has 2 rings (SSSR count). The van der Waals surface area contributed by atoms with E-state index in [2.05, 4.69) is 16.0 Å². The number of aliphatic hydroxyl groups excluding tert-OH is 1. The number of ether oxygens (including phenoxy) is 1. The van der Waals surface area contributed by atoms with Gasteiger partial charge in [0.2, 0.25) is 18.2 Å². The van der Waals surface area contributed by atoms with Crippen molar-refractivity contribution in [2.75, 3.05) is 33.3 Å². The lowest BCUT2D eigenvalue weighted by Crippen LogP contribution is -2.57. The van der Waals surface area contributed by atoms with E-state index in [0.29, 0.717) is 38.4 Å². The molecule has 3 atom stereocenters. The average molecular weight is 461 g/mol. The summed E-state index contributed by atoms with van der Waals surface area (Å²) >= 11 is 0. The standard InChI is InChI=1S/C24H36N4O5/c1-4-26-23(31)22(17(2)30)28(3)24(32)21(19-11-12-19)27-14-15-33-20-10-6-5-8-18(20)9-7-13-25-16-29/h5-10,16-17,19,21-22,27,30H,4,11-15H2,1-3H3,(H,25,29)(H,26,31)/b9-7+. The van der Waals surface area contributed by atoms with E-state index in [9.17, 15) is 19.5 Å². The van der Waals surface area contributed by atoms with Crippen LogP contribution in [-0.4, -0.2) is 79.7 Å². The molecular weight excluding hydrogens is 424 g/mol. The Morgan fingerprint density at radius 3 is 2.67 bits per heavy atom. The van der Waals surface area contributed by atoms with Crippen molar-refractivity contribution in [1.82, 2.24) is 20.9 Å². The summed E-state index contributed by atoms with van der Waals surface area (Å²) in [6, 6.07) is 6.20. The Bertz CT molecular complexity index is 810. The van der Waals surface area contributed by atoms with Crippen molar-refractivity contribution in [3.05, 3.63) is 35.9 Å². The van der Waals surface area contributed by atoms with Crippen molar-refractivity contribution in [3.8, 4) is 5.75 Å². The number of para-hydroxylation sites is 1. The summed E-state index contributed by atoms with van der Waals surface area (Å²) in [7, 11) is 1.56. The van der Waals surface area contributed by atoms with E-state index in [0.717, 1.165) is 18.4 Å². The third kappa shape index (κ3) is 8.18. The number of hydrogen-bond donors (Lipinski definition) is 4. The number of rotatable bonds is 15. The molecule has 1 fully saturated rings. The SMILES string of the molecule is CCNC(=O)C(C(C)O)N(C)C(=O)C(NCCOc1ccccc1/C=C/CNC=O)C1CC1. The first-order chi connectivity index (χ1) is 15.9. The van der Waals surface area contributed by atoms with E-state index in [1.54, 1.807) is 14.0 Å². The van der Waals surface area contributed by atoms with Gasteiger partial charge in [-0.05, 0) is 38.7 Å². The fourth-order valence-electron chi connectivity index (χ4n) is 3.67. The summed E-state index contributed by atoms with van der Waals surface area (Å²) in [5.74, 6) is 0.345. The second-order valence-corrected chi connectivity index (χ2v) is 8.11. The Morgan fingerprint density at radius 2 is 2.03 bits per heavy atom. The Kier molecular flexibility index (Phi) is 10.9. The first-order valence-electron chi connectivity index (χ1n) is 11.4. The highest BCUT2D eigenvalue weighted by atomic mass is 16.5. The molecule has 9 heteroatoms. The average Bonchev–Trinajstić information content (AvgIpc) is 3.62. The zero-order valence-corrected chi connectivity index (χ0v) is 19.6. The van der Waals surface area contributed by atoms with E-state index in [-0.39, 0.29) is 17.7 Å². The van der Waals surface area contributed by atoms with Crippen LogP contribution in [0.1, 0.15) is 32.3 Å². The van der Waals surface area contributed by atoms with Gasteiger partial charge in [-0.1, -0.05) is 30.4 Å². The molecule has 0 spiro atoms. The van der Waals surface area contributed by atoms with Crippen molar-refractivity contribution in [2.45, 2.75) is 44.9 Å². The van der Waals surface area contributed by atoms with Crippen molar-refractivity contribution in [3.63, 3.8) is 0 Å². The van der Waals surface area contributed by atoms with Crippen LogP contribution in [0.5, 0.6) is 5.75 Å². The minimum Gasteiger partial charge on any atom is -0.492 e. The molecule has 0 radical (unpaired) electrons. The molecule has 9 nitrogen and oxygen atoms in total. The summed E-state index contributed by atoms with van der Waals surface area (Å²) in [5.41, 5.74) is 0.890. The molecule has 1 aliphatic rings. The lowest BCUT2D eigenvalue weighted by molar-refractivity contribution is -0.144. The Hall–Kier alpha value is -2.91. The Morgan fingerprint density at radius 1 is 1.30 bits per heavy atom. The van der Waals surface area contributed by atoms with Gasteiger partial charge in [0.1, 0.15) is 18.4 Å². The maximum absolute atomic E-state index is 13.2. The van der Waals surface area contributed by atoms with Crippen LogP contribution in [0.4, 0.5) is 0 Å². The van der Waals surface area contributed by atoms with Crippen LogP contribution in [0, 0.1) is 5.92 Å². The number of nitrogens with one attached hydrogen (secondary N) is 3. The van der Waals surface area contributed by atoms with Gasteiger partial charge >= 0.3 is 0 Å². The summed E-state index contributed by atoms with van der Waals surface area (Å²) in [5, 5.41) is 18.6. The highest BCUT2D eigenvalue weighted by Crippen LogP contribution is 2.33. The molecule has 0 bridgehead atoms. The van der Waals surface area contributed by atoms with Crippen LogP contribution in [0.25, 0.3) is 6.08 Å². The highest BCUT2D eigenvalue weighted by molar-refractivity contribution is 5.90. The molecular formula is C24H36N4O5. The first-order valence-corrected chi connectivity index (χ1v) is 11.4. The van der Waals surface area contributed by atoms with Gasteiger partial charge in [-0.15, -0.1) is 0 Å². The normalized spacial score (nSPS) is 16.0. The van der Waals surface area contributed by atoms with E-state index in [4.69, 9.17) is 4.74 Å². The first kappa shape index (κ1) is 26.3. The number of benzene rings is 1. The molecule has 3 amide bonds. The molecule has 1 saturated carbocycles. The maximum Gasteiger partial charge on any atom is 0.245 e. The van der Waals surface area contributed by atoms with E-state index >= 15 is 0 Å². The maximum atomic E-state index is 13.2. The largest absolute Gasteiger partial charge is 0.492 e. The Balaban J connectivity index is 1.94. The minimum atomic E-state index is -0.986. The van der Waals surface area contributed by atoms with Crippen LogP contribution in [0.3, 0.4) is 0 Å². The number of hydrogen-bond acceptors (Lipinski definition) is 6. The monoisotopic (exact) mass is 460 g/mol. The number of aliphatic hydroxyl groups is 1. The van der Waals surface area contributed by atoms with E-state index in [1.165, 1.54) is 11.8 Å². The van der Waals surface area contributed by atoms with Gasteiger partial charge in [-0.25, -0.2) is 0 Å². The fraction of sp³-hybridized carbons (Fsp3) is 0.542. The summed E-state index contributed by atoms with van der Waals surface area (Å²) in [6.45, 7) is 4.97. The van der Waals surface area contributed by atoms with Gasteiger partial charge in [0.05, 0.1) is 12.1 Å². The topological polar surface area (TPSA) is 120 Å². The van der Waals surface area contributed by atoms with Gasteiger partial charge in [-0.3, -0.25) is 14.4 Å². The van der Waals surface area contributed by atoms with Gasteiger partial charge in [-0.2, -0.15) is 0 Å². The van der Waals surface area contributed by atoms with Crippen LogP contribution in [0.2, 0.25) is 0 Å². The zero-order chi connectivity index (χ0) is 24.2. The molecule has 0 aromatic heterocycles. The Labute approximate surface area is 195 Å². The molecule has 182 valence electrons. The second kappa shape index (κ2) is 13.6. The molecule has 0 saturated heterocycles. The van der Waals surface area contributed by atoms with E-state index < -0.39 is 18.2 Å². The molecule has 0 heterocycles. The molecule has 33 heavy (non-hydrogen) atoms. The minimum absolute atomic E-state index is 0.208. The van der Waals surface area contributed by atoms with Gasteiger partial charge < -0.3 is 30.7 Å².